The highest BCUT2D eigenvalue weighted by molar-refractivity contribution is 9.10. The van der Waals surface area contributed by atoms with Gasteiger partial charge >= 0.3 is 0 Å². The minimum Gasteiger partial charge on any atom is -0.305 e. The molecule has 0 radical (unpaired) electrons. The van der Waals surface area contributed by atoms with Gasteiger partial charge < -0.3 is 4.57 Å². The summed E-state index contributed by atoms with van der Waals surface area (Å²) in [5, 5.41) is 8.30. The molecule has 0 bridgehead atoms. The van der Waals surface area contributed by atoms with E-state index < -0.39 is 0 Å². The smallest absolute Gasteiger partial charge is 0.165 e. The number of hydrogen-bond donors (Lipinski definition) is 0. The van der Waals surface area contributed by atoms with Gasteiger partial charge in [-0.15, -0.1) is 21.8 Å². The van der Waals surface area contributed by atoms with Crippen LogP contribution in [-0.2, 0) is 11.4 Å². The molecular formula is C13H14BrClFN3. The Morgan fingerprint density at radius 2 is 2.00 bits per heavy atom. The zero-order valence-electron chi connectivity index (χ0n) is 10.9. The lowest BCUT2D eigenvalue weighted by Crippen LogP contribution is -2.24. The molecule has 0 saturated carbocycles. The first-order chi connectivity index (χ1) is 8.84. The Morgan fingerprint density at radius 1 is 1.32 bits per heavy atom. The highest BCUT2D eigenvalue weighted by Crippen LogP contribution is 2.31. The Labute approximate surface area is 124 Å². The van der Waals surface area contributed by atoms with E-state index in [-0.39, 0.29) is 17.2 Å². The van der Waals surface area contributed by atoms with Crippen LogP contribution >= 0.6 is 27.5 Å². The highest BCUT2D eigenvalue weighted by atomic mass is 79.9. The van der Waals surface area contributed by atoms with Crippen molar-refractivity contribution in [2.45, 2.75) is 32.2 Å². The second-order valence-electron chi connectivity index (χ2n) is 5.20. The Balaban J connectivity index is 2.66. The van der Waals surface area contributed by atoms with Crippen molar-refractivity contribution in [2.75, 3.05) is 0 Å². The molecule has 1 aromatic carbocycles. The summed E-state index contributed by atoms with van der Waals surface area (Å²) in [6.45, 7) is 6.15. The topological polar surface area (TPSA) is 30.7 Å². The van der Waals surface area contributed by atoms with E-state index in [1.54, 1.807) is 6.07 Å². The van der Waals surface area contributed by atoms with Crippen LogP contribution in [0.15, 0.2) is 22.7 Å². The van der Waals surface area contributed by atoms with Crippen molar-refractivity contribution >= 4 is 27.5 Å². The van der Waals surface area contributed by atoms with Gasteiger partial charge in [0.15, 0.2) is 5.82 Å². The van der Waals surface area contributed by atoms with Gasteiger partial charge in [-0.25, -0.2) is 4.39 Å². The molecular weight excluding hydrogens is 333 g/mol. The number of halogens is 3. The van der Waals surface area contributed by atoms with Crippen molar-refractivity contribution in [1.82, 2.24) is 14.8 Å². The lowest BCUT2D eigenvalue weighted by molar-refractivity contribution is 0.390. The predicted octanol–water partition coefficient (Wildman–Crippen LogP) is 4.34. The maximum absolute atomic E-state index is 13.2. The molecule has 6 heteroatoms. The first-order valence-corrected chi connectivity index (χ1v) is 7.13. The van der Waals surface area contributed by atoms with Crippen LogP contribution in [0, 0.1) is 5.82 Å². The molecule has 0 saturated heterocycles. The molecule has 1 aromatic heterocycles. The van der Waals surface area contributed by atoms with Crippen LogP contribution in [0.3, 0.4) is 0 Å². The first-order valence-electron chi connectivity index (χ1n) is 5.80. The van der Waals surface area contributed by atoms with Gasteiger partial charge in [0, 0.05) is 15.6 Å². The van der Waals surface area contributed by atoms with Crippen LogP contribution in [0.1, 0.15) is 26.6 Å². The van der Waals surface area contributed by atoms with E-state index in [0.29, 0.717) is 16.1 Å². The van der Waals surface area contributed by atoms with Gasteiger partial charge in [0.2, 0.25) is 0 Å². The Morgan fingerprint density at radius 3 is 2.53 bits per heavy atom. The zero-order valence-corrected chi connectivity index (χ0v) is 13.3. The fraction of sp³-hybridized carbons (Fsp3) is 0.385. The van der Waals surface area contributed by atoms with Gasteiger partial charge in [-0.3, -0.25) is 0 Å². The summed E-state index contributed by atoms with van der Waals surface area (Å²) < 4.78 is 15.8. The molecule has 0 aliphatic rings. The lowest BCUT2D eigenvalue weighted by atomic mass is 10.1. The first kappa shape index (κ1) is 14.5. The van der Waals surface area contributed by atoms with Crippen molar-refractivity contribution < 1.29 is 4.39 Å². The summed E-state index contributed by atoms with van der Waals surface area (Å²) in [5.41, 5.74) is 0.580. The Kier molecular flexibility index (Phi) is 3.97. The van der Waals surface area contributed by atoms with Crippen LogP contribution in [0.4, 0.5) is 4.39 Å². The van der Waals surface area contributed by atoms with Gasteiger partial charge in [-0.05, 0) is 54.9 Å². The molecule has 0 aliphatic heterocycles. The summed E-state index contributed by atoms with van der Waals surface area (Å²) in [6.07, 6.45) is 0. The van der Waals surface area contributed by atoms with Crippen molar-refractivity contribution in [2.24, 2.45) is 0 Å². The average molecular weight is 347 g/mol. The summed E-state index contributed by atoms with van der Waals surface area (Å²) in [4.78, 5) is 0. The fourth-order valence-corrected chi connectivity index (χ4v) is 2.65. The van der Waals surface area contributed by atoms with Crippen LogP contribution in [0.5, 0.6) is 0 Å². The monoisotopic (exact) mass is 345 g/mol. The number of nitrogens with zero attached hydrogens (tertiary/aromatic N) is 3. The third-order valence-corrected chi connectivity index (χ3v) is 3.59. The van der Waals surface area contributed by atoms with E-state index in [1.165, 1.54) is 12.1 Å². The molecule has 19 heavy (non-hydrogen) atoms. The Hall–Kier alpha value is -0.940. The summed E-state index contributed by atoms with van der Waals surface area (Å²) >= 11 is 9.27. The second-order valence-corrected chi connectivity index (χ2v) is 6.33. The minimum absolute atomic E-state index is 0.211. The summed E-state index contributed by atoms with van der Waals surface area (Å²) in [7, 11) is 0. The number of aromatic nitrogens is 3. The molecule has 0 spiro atoms. The SMILES string of the molecule is CC(C)(C)n1c(CCl)nnc1-c1ccc(F)cc1Br. The molecule has 2 aromatic rings. The van der Waals surface area contributed by atoms with E-state index in [0.717, 1.165) is 5.56 Å². The normalized spacial score (nSPS) is 11.9. The van der Waals surface area contributed by atoms with Crippen molar-refractivity contribution in [3.05, 3.63) is 34.3 Å². The second kappa shape index (κ2) is 5.21. The zero-order chi connectivity index (χ0) is 14.2. The van der Waals surface area contributed by atoms with E-state index in [4.69, 9.17) is 11.6 Å². The number of hydrogen-bond acceptors (Lipinski definition) is 2. The minimum atomic E-state index is -0.296. The largest absolute Gasteiger partial charge is 0.305 e. The number of benzene rings is 1. The Bertz CT molecular complexity index is 604. The van der Waals surface area contributed by atoms with Crippen LogP contribution in [0.25, 0.3) is 11.4 Å². The van der Waals surface area contributed by atoms with E-state index in [9.17, 15) is 4.39 Å². The van der Waals surface area contributed by atoms with E-state index >= 15 is 0 Å². The highest BCUT2D eigenvalue weighted by Gasteiger charge is 2.24. The van der Waals surface area contributed by atoms with Gasteiger partial charge in [-0.2, -0.15) is 0 Å². The maximum Gasteiger partial charge on any atom is 0.165 e. The number of rotatable bonds is 2. The molecule has 2 rings (SSSR count). The molecule has 0 atom stereocenters. The standard InChI is InChI=1S/C13H14BrClFN3/c1-13(2,3)19-11(7-15)17-18-12(19)9-5-4-8(16)6-10(9)14/h4-6H,7H2,1-3H3. The van der Waals surface area contributed by atoms with Crippen molar-refractivity contribution in [3.63, 3.8) is 0 Å². The lowest BCUT2D eigenvalue weighted by Gasteiger charge is -2.24. The molecule has 102 valence electrons. The van der Waals surface area contributed by atoms with E-state index in [1.807, 2.05) is 25.3 Å². The quantitative estimate of drug-likeness (QED) is 0.757. The van der Waals surface area contributed by atoms with Gasteiger partial charge in [0.25, 0.3) is 0 Å². The average Bonchev–Trinajstić information content (AvgIpc) is 2.72. The summed E-state index contributed by atoms with van der Waals surface area (Å²) in [6, 6.07) is 4.50. The molecule has 1 heterocycles. The molecule has 0 N–H and O–H groups in total. The molecule has 0 amide bonds. The predicted molar refractivity (Wildman–Crippen MR) is 77.7 cm³/mol. The fourth-order valence-electron chi connectivity index (χ4n) is 1.95. The molecule has 0 aliphatic carbocycles. The van der Waals surface area contributed by atoms with Crippen molar-refractivity contribution in [1.29, 1.82) is 0 Å². The van der Waals surface area contributed by atoms with E-state index in [2.05, 4.69) is 26.1 Å². The maximum atomic E-state index is 13.2. The van der Waals surface area contributed by atoms with Gasteiger partial charge in [0.1, 0.15) is 11.6 Å². The molecule has 0 fully saturated rings. The van der Waals surface area contributed by atoms with Crippen LogP contribution < -0.4 is 0 Å². The number of alkyl halides is 1. The molecule has 3 nitrogen and oxygen atoms in total. The summed E-state index contributed by atoms with van der Waals surface area (Å²) in [5.74, 6) is 1.36. The van der Waals surface area contributed by atoms with Crippen LogP contribution in [-0.4, -0.2) is 14.8 Å². The third-order valence-electron chi connectivity index (χ3n) is 2.69. The third kappa shape index (κ3) is 2.82. The van der Waals surface area contributed by atoms with Gasteiger partial charge in [0.05, 0.1) is 5.88 Å². The van der Waals surface area contributed by atoms with Crippen LogP contribution in [0.2, 0.25) is 0 Å². The van der Waals surface area contributed by atoms with Crippen molar-refractivity contribution in [3.8, 4) is 11.4 Å². The molecule has 0 unspecified atom stereocenters. The van der Waals surface area contributed by atoms with Gasteiger partial charge in [-0.1, -0.05) is 0 Å².